The maximum absolute atomic E-state index is 12.0. The molecule has 0 saturated heterocycles. The molecule has 0 radical (unpaired) electrons. The molecule has 18 heavy (non-hydrogen) atoms. The largest absolute Gasteiger partial charge is 0.507 e. The van der Waals surface area contributed by atoms with Crippen LogP contribution in [0.5, 0.6) is 5.75 Å². The second-order valence-corrected chi connectivity index (χ2v) is 5.28. The molecule has 1 amide bonds. The molecule has 1 fully saturated rings. The van der Waals surface area contributed by atoms with Gasteiger partial charge in [-0.25, -0.2) is 0 Å². The summed E-state index contributed by atoms with van der Waals surface area (Å²) in [4.78, 5) is 13.5. The average Bonchev–Trinajstić information content (AvgIpc) is 2.39. The van der Waals surface area contributed by atoms with Crippen LogP contribution in [0.25, 0.3) is 0 Å². The molecular weight excluding hydrogens is 226 g/mol. The van der Waals surface area contributed by atoms with Gasteiger partial charge < -0.3 is 10.0 Å². The van der Waals surface area contributed by atoms with Gasteiger partial charge in [-0.15, -0.1) is 0 Å². The summed E-state index contributed by atoms with van der Waals surface area (Å²) in [5.74, 6) is 0.460. The number of hydrogen-bond donors (Lipinski definition) is 1. The minimum Gasteiger partial charge on any atom is -0.507 e. The molecule has 3 heteroatoms. The molecule has 1 aromatic rings. The van der Waals surface area contributed by atoms with E-state index in [2.05, 4.69) is 0 Å². The van der Waals surface area contributed by atoms with Crippen molar-refractivity contribution in [1.82, 2.24) is 4.90 Å². The summed E-state index contributed by atoms with van der Waals surface area (Å²) < 4.78 is 0. The molecule has 3 nitrogen and oxygen atoms in total. The van der Waals surface area contributed by atoms with Crippen LogP contribution in [0, 0.1) is 0 Å². The predicted molar refractivity (Wildman–Crippen MR) is 72.0 cm³/mol. The maximum Gasteiger partial charge on any atom is 0.257 e. The number of rotatable bonds is 2. The van der Waals surface area contributed by atoms with Crippen molar-refractivity contribution in [3.8, 4) is 5.75 Å². The van der Waals surface area contributed by atoms with Crippen molar-refractivity contribution >= 4 is 5.91 Å². The molecule has 0 bridgehead atoms. The van der Waals surface area contributed by atoms with Crippen LogP contribution in [0.2, 0.25) is 0 Å². The van der Waals surface area contributed by atoms with Gasteiger partial charge in [-0.05, 0) is 30.4 Å². The second-order valence-electron chi connectivity index (χ2n) is 5.28. The molecule has 0 unspecified atom stereocenters. The zero-order chi connectivity index (χ0) is 13.1. The van der Waals surface area contributed by atoms with Crippen molar-refractivity contribution in [2.24, 2.45) is 0 Å². The minimum atomic E-state index is -0.134. The molecule has 1 aromatic carbocycles. The van der Waals surface area contributed by atoms with Crippen LogP contribution in [0.4, 0.5) is 0 Å². The topological polar surface area (TPSA) is 40.5 Å². The number of hydrogen-bond acceptors (Lipinski definition) is 2. The quantitative estimate of drug-likeness (QED) is 0.872. The van der Waals surface area contributed by atoms with Gasteiger partial charge in [0.25, 0.3) is 5.91 Å². The van der Waals surface area contributed by atoms with Gasteiger partial charge in [-0.1, -0.05) is 31.4 Å². The van der Waals surface area contributed by atoms with Crippen molar-refractivity contribution < 1.29 is 9.90 Å². The second kappa shape index (κ2) is 5.42. The Morgan fingerprint density at radius 1 is 1.22 bits per heavy atom. The fourth-order valence-electron chi connectivity index (χ4n) is 2.72. The van der Waals surface area contributed by atoms with Crippen LogP contribution in [0.3, 0.4) is 0 Å². The molecule has 0 aromatic heterocycles. The molecular formula is C15H21NO2. The fraction of sp³-hybridized carbons (Fsp3) is 0.533. The highest BCUT2D eigenvalue weighted by atomic mass is 16.3. The Morgan fingerprint density at radius 3 is 2.50 bits per heavy atom. The SMILES string of the molecule is CN(C)C(=O)c1cccc(C2CCCCC2)c1O. The molecule has 0 aliphatic heterocycles. The summed E-state index contributed by atoms with van der Waals surface area (Å²) in [5.41, 5.74) is 1.37. The number of carbonyl (C=O) groups is 1. The first-order chi connectivity index (χ1) is 8.61. The van der Waals surface area contributed by atoms with Gasteiger partial charge in [0.2, 0.25) is 0 Å². The van der Waals surface area contributed by atoms with Crippen LogP contribution in [-0.2, 0) is 0 Å². The monoisotopic (exact) mass is 247 g/mol. The van der Waals surface area contributed by atoms with Crippen LogP contribution in [-0.4, -0.2) is 30.0 Å². The van der Waals surface area contributed by atoms with Gasteiger partial charge in [0.1, 0.15) is 5.75 Å². The number of phenols is 1. The summed E-state index contributed by atoms with van der Waals surface area (Å²) >= 11 is 0. The predicted octanol–water partition coefficient (Wildman–Crippen LogP) is 3.14. The van der Waals surface area contributed by atoms with E-state index in [0.717, 1.165) is 18.4 Å². The molecule has 98 valence electrons. The number of amides is 1. The molecule has 1 N–H and O–H groups in total. The first-order valence-electron chi connectivity index (χ1n) is 6.64. The summed E-state index contributed by atoms with van der Waals surface area (Å²) in [7, 11) is 3.41. The molecule has 1 aliphatic rings. The van der Waals surface area contributed by atoms with E-state index in [1.807, 2.05) is 12.1 Å². The average molecular weight is 247 g/mol. The smallest absolute Gasteiger partial charge is 0.257 e. The van der Waals surface area contributed by atoms with E-state index < -0.39 is 0 Å². The zero-order valence-electron chi connectivity index (χ0n) is 11.1. The van der Waals surface area contributed by atoms with Crippen molar-refractivity contribution in [3.63, 3.8) is 0 Å². The van der Waals surface area contributed by atoms with Crippen LogP contribution in [0.1, 0.15) is 53.9 Å². The third-order valence-corrected chi connectivity index (χ3v) is 3.75. The van der Waals surface area contributed by atoms with E-state index in [1.165, 1.54) is 24.2 Å². The van der Waals surface area contributed by atoms with Gasteiger partial charge >= 0.3 is 0 Å². The zero-order valence-corrected chi connectivity index (χ0v) is 11.1. The third kappa shape index (κ3) is 2.50. The highest BCUT2D eigenvalue weighted by molar-refractivity contribution is 5.97. The van der Waals surface area contributed by atoms with Crippen LogP contribution < -0.4 is 0 Å². The molecule has 2 rings (SSSR count). The standard InChI is InChI=1S/C15H21NO2/c1-16(2)15(18)13-10-6-9-12(14(13)17)11-7-4-3-5-8-11/h6,9-11,17H,3-5,7-8H2,1-2H3. The fourth-order valence-corrected chi connectivity index (χ4v) is 2.72. The van der Waals surface area contributed by atoms with Gasteiger partial charge in [0, 0.05) is 14.1 Å². The van der Waals surface area contributed by atoms with Gasteiger partial charge in [-0.3, -0.25) is 4.79 Å². The Hall–Kier alpha value is -1.51. The summed E-state index contributed by atoms with van der Waals surface area (Å²) in [6.07, 6.45) is 5.96. The third-order valence-electron chi connectivity index (χ3n) is 3.75. The molecule has 0 heterocycles. The maximum atomic E-state index is 12.0. The van der Waals surface area contributed by atoms with Gasteiger partial charge in [0.15, 0.2) is 0 Å². The Bertz CT molecular complexity index is 434. The first-order valence-corrected chi connectivity index (χ1v) is 6.64. The molecule has 0 atom stereocenters. The van der Waals surface area contributed by atoms with Crippen molar-refractivity contribution in [2.45, 2.75) is 38.0 Å². The molecule has 1 aliphatic carbocycles. The minimum absolute atomic E-state index is 0.134. The van der Waals surface area contributed by atoms with Crippen molar-refractivity contribution in [3.05, 3.63) is 29.3 Å². The number of benzene rings is 1. The number of para-hydroxylation sites is 1. The summed E-state index contributed by atoms with van der Waals surface area (Å²) in [6, 6.07) is 5.53. The molecule has 0 spiro atoms. The number of phenolic OH excluding ortho intramolecular Hbond substituents is 1. The number of carbonyl (C=O) groups excluding carboxylic acids is 1. The highest BCUT2D eigenvalue weighted by Crippen LogP contribution is 2.38. The van der Waals surface area contributed by atoms with Crippen molar-refractivity contribution in [1.29, 1.82) is 0 Å². The van der Waals surface area contributed by atoms with Crippen LogP contribution in [0.15, 0.2) is 18.2 Å². The Labute approximate surface area is 108 Å². The van der Waals surface area contributed by atoms with Crippen LogP contribution >= 0.6 is 0 Å². The van der Waals surface area contributed by atoms with E-state index in [1.54, 1.807) is 20.2 Å². The highest BCUT2D eigenvalue weighted by Gasteiger charge is 2.22. The summed E-state index contributed by atoms with van der Waals surface area (Å²) in [6.45, 7) is 0. The Balaban J connectivity index is 2.32. The van der Waals surface area contributed by atoms with E-state index in [9.17, 15) is 9.90 Å². The van der Waals surface area contributed by atoms with Crippen molar-refractivity contribution in [2.75, 3.05) is 14.1 Å². The Kier molecular flexibility index (Phi) is 3.90. The lowest BCUT2D eigenvalue weighted by atomic mass is 9.83. The van der Waals surface area contributed by atoms with E-state index >= 15 is 0 Å². The normalized spacial score (nSPS) is 16.6. The molecule has 1 saturated carbocycles. The number of nitrogens with zero attached hydrogens (tertiary/aromatic N) is 1. The lowest BCUT2D eigenvalue weighted by molar-refractivity contribution is 0.0824. The Morgan fingerprint density at radius 2 is 1.89 bits per heavy atom. The first kappa shape index (κ1) is 12.9. The summed E-state index contributed by atoms with van der Waals surface area (Å²) in [5, 5.41) is 10.3. The van der Waals surface area contributed by atoms with Gasteiger partial charge in [0.05, 0.1) is 5.56 Å². The van der Waals surface area contributed by atoms with E-state index in [4.69, 9.17) is 0 Å². The lowest BCUT2D eigenvalue weighted by Crippen LogP contribution is -2.22. The van der Waals surface area contributed by atoms with Gasteiger partial charge in [-0.2, -0.15) is 0 Å². The number of aromatic hydroxyl groups is 1. The van der Waals surface area contributed by atoms with E-state index in [-0.39, 0.29) is 11.7 Å². The van der Waals surface area contributed by atoms with E-state index in [0.29, 0.717) is 11.5 Å². The lowest BCUT2D eigenvalue weighted by Gasteiger charge is -2.24.